The topological polar surface area (TPSA) is 172 Å². The van der Waals surface area contributed by atoms with Crippen LogP contribution in [0.1, 0.15) is 37.8 Å². The van der Waals surface area contributed by atoms with Gasteiger partial charge in [0.2, 0.25) is 0 Å². The van der Waals surface area contributed by atoms with Crippen molar-refractivity contribution in [3.05, 3.63) is 47.5 Å². The van der Waals surface area contributed by atoms with Crippen molar-refractivity contribution in [2.75, 3.05) is 65.2 Å². The highest BCUT2D eigenvalue weighted by molar-refractivity contribution is 7.79. The third-order valence-electron chi connectivity index (χ3n) is 9.75. The zero-order valence-electron chi connectivity index (χ0n) is 27.0. The molecule has 4 aliphatic rings. The van der Waals surface area contributed by atoms with Crippen LogP contribution in [0.4, 0.5) is 21.0 Å². The van der Waals surface area contributed by atoms with Crippen LogP contribution < -0.4 is 39.7 Å². The van der Waals surface area contributed by atoms with Crippen LogP contribution in [0.5, 0.6) is 11.5 Å². The highest BCUT2D eigenvalue weighted by Crippen LogP contribution is 2.48. The molecule has 2 aromatic rings. The molecule has 4 aliphatic heterocycles. The molecule has 15 heteroatoms. The Labute approximate surface area is 264 Å². The molecule has 45 heavy (non-hydrogen) atoms. The van der Waals surface area contributed by atoms with Crippen molar-refractivity contribution in [1.29, 1.82) is 0 Å². The third kappa shape index (κ3) is 6.67. The summed E-state index contributed by atoms with van der Waals surface area (Å²) in [6.45, 7) is 6.98. The molecule has 2 aromatic carbocycles. The number of rotatable bonds is 2. The minimum absolute atomic E-state index is 0.135. The van der Waals surface area contributed by atoms with Gasteiger partial charge in [-0.05, 0) is 61.4 Å². The van der Waals surface area contributed by atoms with Crippen molar-refractivity contribution in [2.45, 2.75) is 49.9 Å². The normalized spacial score (nSPS) is 28.8. The SMILES string of the molecule is CNC(=O)Oc1ccc2c(c1)[C@]1(C)CC[NH+](C)[C@@H]1N2C.CNC(=O)Oc1ccc2c(c1)[C@]1(C)CC[NH+](C)[C@@H]1N2C.O=S(=O)([O-])[O-]. The zero-order chi connectivity index (χ0) is 33.5. The maximum atomic E-state index is 11.4. The fraction of sp³-hybridized carbons (Fsp3) is 0.533. The summed E-state index contributed by atoms with van der Waals surface area (Å²) in [4.78, 5) is 30.5. The number of likely N-dealkylation sites (N-methyl/N-ethyl adjacent to an activating group) is 4. The lowest BCUT2D eigenvalue weighted by Gasteiger charge is -2.28. The number of nitrogens with one attached hydrogen (secondary N) is 4. The molecule has 0 bridgehead atoms. The average Bonchev–Trinajstić information content (AvgIpc) is 3.60. The van der Waals surface area contributed by atoms with Gasteiger partial charge in [0.15, 0.2) is 12.3 Å². The van der Waals surface area contributed by atoms with Gasteiger partial charge in [-0.3, -0.25) is 8.42 Å². The number of quaternary nitrogens is 2. The lowest BCUT2D eigenvalue weighted by Crippen LogP contribution is -3.13. The number of anilines is 2. The molecule has 0 saturated carbocycles. The van der Waals surface area contributed by atoms with E-state index in [1.807, 2.05) is 24.3 Å². The Morgan fingerprint density at radius 2 is 1.13 bits per heavy atom. The van der Waals surface area contributed by atoms with Gasteiger partial charge < -0.3 is 48.8 Å². The van der Waals surface area contributed by atoms with Crippen LogP contribution in [0.3, 0.4) is 0 Å². The molecule has 0 radical (unpaired) electrons. The highest BCUT2D eigenvalue weighted by Gasteiger charge is 2.57. The van der Waals surface area contributed by atoms with Crippen molar-refractivity contribution < 1.29 is 46.4 Å². The molecule has 4 N–H and O–H groups in total. The molecule has 2 unspecified atom stereocenters. The first-order valence-corrected chi connectivity index (χ1v) is 16.1. The molecule has 2 amide bonds. The van der Waals surface area contributed by atoms with Crippen LogP contribution in [0, 0.1) is 0 Å². The van der Waals surface area contributed by atoms with E-state index in [1.165, 1.54) is 35.6 Å². The summed E-state index contributed by atoms with van der Waals surface area (Å²) in [7, 11) is 6.78. The van der Waals surface area contributed by atoms with Gasteiger partial charge >= 0.3 is 12.2 Å². The van der Waals surface area contributed by atoms with E-state index in [-0.39, 0.29) is 10.8 Å². The monoisotopic (exact) mass is 648 g/mol. The summed E-state index contributed by atoms with van der Waals surface area (Å²) in [5.41, 5.74) is 5.36. The quantitative estimate of drug-likeness (QED) is 0.243. The van der Waals surface area contributed by atoms with E-state index in [0.29, 0.717) is 23.8 Å². The largest absolute Gasteiger partial charge is 0.759 e. The van der Waals surface area contributed by atoms with Gasteiger partial charge in [-0.15, -0.1) is 0 Å². The number of nitrogens with zero attached hydrogens (tertiary/aromatic N) is 2. The predicted octanol–water partition coefficient (Wildman–Crippen LogP) is -0.624. The lowest BCUT2D eigenvalue weighted by atomic mass is 9.81. The van der Waals surface area contributed by atoms with Gasteiger partial charge in [0.1, 0.15) is 11.5 Å². The second kappa shape index (κ2) is 12.6. The Kier molecular flexibility index (Phi) is 9.62. The van der Waals surface area contributed by atoms with E-state index in [2.05, 4.69) is 74.6 Å². The van der Waals surface area contributed by atoms with E-state index >= 15 is 0 Å². The summed E-state index contributed by atoms with van der Waals surface area (Å²) in [5.74, 6) is 1.23. The molecule has 2 fully saturated rings. The Morgan fingerprint density at radius 1 is 0.800 bits per heavy atom. The number of carbonyl (C=O) groups excluding carboxylic acids is 2. The first kappa shape index (κ1) is 34.2. The number of ether oxygens (including phenoxy) is 2. The molecule has 14 nitrogen and oxygen atoms in total. The molecular weight excluding hydrogens is 604 g/mol. The molecule has 0 aromatic heterocycles. The van der Waals surface area contributed by atoms with Crippen molar-refractivity contribution in [3.63, 3.8) is 0 Å². The van der Waals surface area contributed by atoms with Crippen molar-refractivity contribution in [1.82, 2.24) is 10.6 Å². The Balaban J connectivity index is 0.000000179. The number of benzene rings is 2. The summed E-state index contributed by atoms with van der Waals surface area (Å²) >= 11 is 0. The van der Waals surface area contributed by atoms with Crippen LogP contribution in [0.2, 0.25) is 0 Å². The summed E-state index contributed by atoms with van der Waals surface area (Å²) < 4.78 is 44.6. The smallest absolute Gasteiger partial charge is 0.412 e. The first-order valence-electron chi connectivity index (χ1n) is 14.8. The van der Waals surface area contributed by atoms with E-state index in [0.717, 1.165) is 12.8 Å². The molecule has 0 spiro atoms. The van der Waals surface area contributed by atoms with Gasteiger partial charge in [-0.1, -0.05) is 0 Å². The van der Waals surface area contributed by atoms with E-state index in [4.69, 9.17) is 27.0 Å². The molecular formula is C30H44N6O8S. The number of hydrogen-bond acceptors (Lipinski definition) is 10. The standard InChI is InChI=1S/2C15H21N3O2.H2O4S/c2*1-15-7-8-17(3)13(15)18(4)12-6-5-10(9-11(12)15)20-14(19)16-2;1-5(2,3)4/h2*5-6,9,13H,7-8H2,1-4H3,(H,16,19);(H2,1,2,3,4)/t2*13-,15+;/m11./s1. The van der Waals surface area contributed by atoms with Crippen molar-refractivity contribution in [2.24, 2.45) is 0 Å². The number of amides is 2. The second-order valence-corrected chi connectivity index (χ2v) is 13.4. The van der Waals surface area contributed by atoms with Gasteiger partial charge in [0.05, 0.1) is 38.0 Å². The van der Waals surface area contributed by atoms with Crippen LogP contribution >= 0.6 is 0 Å². The molecule has 6 atom stereocenters. The summed E-state index contributed by atoms with van der Waals surface area (Å²) in [6, 6.07) is 11.9. The third-order valence-corrected chi connectivity index (χ3v) is 9.75. The highest BCUT2D eigenvalue weighted by atomic mass is 32.3. The summed E-state index contributed by atoms with van der Waals surface area (Å²) in [5, 5.41) is 4.95. The number of hydrogen-bond donors (Lipinski definition) is 4. The summed E-state index contributed by atoms with van der Waals surface area (Å²) in [6.07, 6.45) is 2.40. The second-order valence-electron chi connectivity index (χ2n) is 12.6. The maximum absolute atomic E-state index is 11.4. The number of likely N-dealkylation sites (tertiary alicyclic amines) is 2. The van der Waals surface area contributed by atoms with Gasteiger partial charge in [-0.25, -0.2) is 9.59 Å². The van der Waals surface area contributed by atoms with Crippen molar-refractivity contribution in [3.8, 4) is 11.5 Å². The fourth-order valence-electron chi connectivity index (χ4n) is 7.91. The van der Waals surface area contributed by atoms with Crippen LogP contribution in [-0.2, 0) is 21.2 Å². The fourth-order valence-corrected chi connectivity index (χ4v) is 7.91. The maximum Gasteiger partial charge on any atom is 0.412 e. The van der Waals surface area contributed by atoms with E-state index < -0.39 is 22.6 Å². The zero-order valence-corrected chi connectivity index (χ0v) is 27.8. The van der Waals surface area contributed by atoms with Crippen LogP contribution in [-0.4, -0.2) is 97.4 Å². The van der Waals surface area contributed by atoms with E-state index in [1.54, 1.807) is 23.9 Å². The molecule has 248 valence electrons. The Hall–Kier alpha value is -3.63. The lowest BCUT2D eigenvalue weighted by molar-refractivity contribution is -0.893. The molecule has 0 aliphatic carbocycles. The number of fused-ring (bicyclic) bond motifs is 6. The van der Waals surface area contributed by atoms with Crippen LogP contribution in [0.25, 0.3) is 0 Å². The first-order chi connectivity index (χ1) is 20.9. The minimum Gasteiger partial charge on any atom is -0.759 e. The van der Waals surface area contributed by atoms with Crippen molar-refractivity contribution >= 4 is 34.0 Å². The average molecular weight is 649 g/mol. The van der Waals surface area contributed by atoms with Crippen LogP contribution in [0.15, 0.2) is 36.4 Å². The van der Waals surface area contributed by atoms with Gasteiger partial charge in [-0.2, -0.15) is 0 Å². The molecule has 6 rings (SSSR count). The van der Waals surface area contributed by atoms with E-state index in [9.17, 15) is 9.59 Å². The Morgan fingerprint density at radius 3 is 1.44 bits per heavy atom. The van der Waals surface area contributed by atoms with Gasteiger partial charge in [0.25, 0.3) is 0 Å². The number of carbonyl (C=O) groups is 2. The Bertz CT molecular complexity index is 1450. The molecule has 2 saturated heterocycles. The minimum atomic E-state index is -5.17. The molecule has 4 heterocycles. The predicted molar refractivity (Wildman–Crippen MR) is 165 cm³/mol. The van der Waals surface area contributed by atoms with Gasteiger partial charge in [0, 0.05) is 62.8 Å².